The Hall–Kier alpha value is -3.14. The van der Waals surface area contributed by atoms with E-state index in [2.05, 4.69) is 21.3 Å². The molecule has 5 amide bonds. The van der Waals surface area contributed by atoms with E-state index >= 15 is 0 Å². The zero-order chi connectivity index (χ0) is 29.4. The highest BCUT2D eigenvalue weighted by atomic mass is 16.3. The normalized spacial score (nSPS) is 15.0. The summed E-state index contributed by atoms with van der Waals surface area (Å²) in [4.78, 5) is 71.2. The molecule has 0 fully saturated rings. The van der Waals surface area contributed by atoms with E-state index in [0.717, 1.165) is 0 Å². The molecule has 0 aromatic heterocycles. The number of rotatable bonds is 20. The molecule has 0 aliphatic rings. The highest BCUT2D eigenvalue weighted by molar-refractivity contribution is 5.92. The molecule has 15 nitrogen and oxygen atoms in total. The second kappa shape index (κ2) is 18.2. The molecular formula is C23H47N7O8. The van der Waals surface area contributed by atoms with Crippen molar-refractivity contribution < 1.29 is 41.8 Å². The van der Waals surface area contributed by atoms with Gasteiger partial charge in [0.25, 0.3) is 0 Å². The van der Waals surface area contributed by atoms with Crippen LogP contribution in [0.3, 0.4) is 0 Å². The van der Waals surface area contributed by atoms with Gasteiger partial charge in [-0.1, -0.05) is 13.8 Å². The van der Waals surface area contributed by atoms with Gasteiger partial charge in [0.1, 0.15) is 23.9 Å². The Morgan fingerprint density at radius 3 is 1.89 bits per heavy atom. The van der Waals surface area contributed by atoms with Gasteiger partial charge in [0.05, 0.1) is 25.3 Å². The molecule has 0 aliphatic carbocycles. The summed E-state index contributed by atoms with van der Waals surface area (Å²) in [5, 5.41) is 28.7. The van der Waals surface area contributed by atoms with Crippen molar-refractivity contribution in [2.45, 2.75) is 83.1 Å². The lowest BCUT2D eigenvalue weighted by atomic mass is 10.0. The number of hydrogen-bond donors (Lipinski definition) is 9. The SMILES string of the molecule is CC(=O)C(CCC(=O)NCCCCC(N)C(=O)N[C@@H](CO)C(=O)NC(C(N)=O)C(C)C)N[C@@H](CO)C(N)=O.[HH].[HH]. The van der Waals surface area contributed by atoms with Crippen LogP contribution >= 0.6 is 0 Å². The first-order chi connectivity index (χ1) is 17.7. The minimum absolute atomic E-state index is 0. The average molecular weight is 550 g/mol. The summed E-state index contributed by atoms with van der Waals surface area (Å²) < 4.78 is 0. The molecule has 0 heterocycles. The lowest BCUT2D eigenvalue weighted by Crippen LogP contribution is -2.57. The third-order valence-corrected chi connectivity index (χ3v) is 5.77. The summed E-state index contributed by atoms with van der Waals surface area (Å²) in [6.07, 6.45) is 1.30. The molecule has 0 spiro atoms. The maximum absolute atomic E-state index is 12.3. The van der Waals surface area contributed by atoms with Crippen molar-refractivity contribution in [3.8, 4) is 0 Å². The lowest BCUT2D eigenvalue weighted by Gasteiger charge is -2.23. The van der Waals surface area contributed by atoms with Crippen LogP contribution in [0.25, 0.3) is 0 Å². The van der Waals surface area contributed by atoms with E-state index in [1.165, 1.54) is 6.92 Å². The largest absolute Gasteiger partial charge is 0.394 e. The predicted molar refractivity (Wildman–Crippen MR) is 141 cm³/mol. The number of nitrogens with one attached hydrogen (secondary N) is 4. The number of nitrogens with two attached hydrogens (primary N) is 3. The average Bonchev–Trinajstić information content (AvgIpc) is 2.84. The van der Waals surface area contributed by atoms with Crippen LogP contribution in [0.5, 0.6) is 0 Å². The van der Waals surface area contributed by atoms with Crippen molar-refractivity contribution in [1.82, 2.24) is 21.3 Å². The molecule has 0 radical (unpaired) electrons. The van der Waals surface area contributed by atoms with Crippen LogP contribution in [0.4, 0.5) is 0 Å². The van der Waals surface area contributed by atoms with Crippen LogP contribution in [-0.2, 0) is 28.8 Å². The highest BCUT2D eigenvalue weighted by Gasteiger charge is 2.28. The van der Waals surface area contributed by atoms with E-state index in [9.17, 15) is 33.9 Å². The lowest BCUT2D eigenvalue weighted by molar-refractivity contribution is -0.133. The van der Waals surface area contributed by atoms with E-state index in [1.54, 1.807) is 13.8 Å². The third kappa shape index (κ3) is 13.4. The van der Waals surface area contributed by atoms with Crippen molar-refractivity contribution in [1.29, 1.82) is 0 Å². The van der Waals surface area contributed by atoms with Crippen molar-refractivity contribution in [3.63, 3.8) is 0 Å². The molecule has 12 N–H and O–H groups in total. The van der Waals surface area contributed by atoms with Gasteiger partial charge in [-0.2, -0.15) is 0 Å². The van der Waals surface area contributed by atoms with E-state index in [-0.39, 0.29) is 46.3 Å². The molecule has 0 rings (SSSR count). The number of aliphatic hydroxyl groups is 2. The number of Topliss-reactive ketones (excluding diaryl/α,β-unsaturated/α-hetero) is 1. The number of primary amides is 2. The molecule has 0 aromatic carbocycles. The predicted octanol–water partition coefficient (Wildman–Crippen LogP) is -3.63. The van der Waals surface area contributed by atoms with Crippen LogP contribution in [0.15, 0.2) is 0 Å². The third-order valence-electron chi connectivity index (χ3n) is 5.77. The van der Waals surface area contributed by atoms with E-state index in [1.807, 2.05) is 0 Å². The number of aliphatic hydroxyl groups excluding tert-OH is 2. The highest BCUT2D eigenvalue weighted by Crippen LogP contribution is 2.04. The number of amides is 5. The van der Waals surface area contributed by atoms with Crippen LogP contribution in [0.2, 0.25) is 0 Å². The topological polar surface area (TPSA) is 269 Å². The van der Waals surface area contributed by atoms with Gasteiger partial charge in [0.2, 0.25) is 29.5 Å². The van der Waals surface area contributed by atoms with Crippen LogP contribution in [0.1, 0.15) is 55.7 Å². The Morgan fingerprint density at radius 2 is 1.42 bits per heavy atom. The standard InChI is InChI=1S/C23H43N7O8.2H2/c1-12(2)19(21(26)36)30-23(38)17(11-32)29-22(37)14(24)6-4-5-9-27-18(34)8-7-15(13(3)33)28-16(10-31)20(25)35;;/h12,14-17,19,28,31-32H,4-11,24H2,1-3H3,(H2,25,35)(H2,26,36)(H,27,34)(H,29,37)(H,30,38);2*1H/t14?,15?,16-,17-,19?;;/m0../s1. The molecule has 0 saturated carbocycles. The van der Waals surface area contributed by atoms with Crippen LogP contribution in [-0.4, -0.2) is 95.5 Å². The first-order valence-corrected chi connectivity index (χ1v) is 12.4. The quantitative estimate of drug-likeness (QED) is 0.0672. The number of hydrogen-bond acceptors (Lipinski definition) is 10. The Balaban J connectivity index is -0.00000684. The minimum Gasteiger partial charge on any atom is -0.394 e. The van der Waals surface area contributed by atoms with Gasteiger partial charge in [-0.3, -0.25) is 34.1 Å². The number of carbonyl (C=O) groups excluding carboxylic acids is 6. The van der Waals surface area contributed by atoms with Crippen LogP contribution in [0, 0.1) is 5.92 Å². The molecular weight excluding hydrogens is 502 g/mol. The maximum atomic E-state index is 12.3. The van der Waals surface area contributed by atoms with Gasteiger partial charge < -0.3 is 43.4 Å². The molecule has 0 bridgehead atoms. The van der Waals surface area contributed by atoms with Gasteiger partial charge in [0, 0.05) is 15.8 Å². The van der Waals surface area contributed by atoms with Crippen LogP contribution < -0.4 is 38.5 Å². The van der Waals surface area contributed by atoms with Crippen molar-refractivity contribution in [3.05, 3.63) is 0 Å². The maximum Gasteiger partial charge on any atom is 0.245 e. The van der Waals surface area contributed by atoms with Gasteiger partial charge in [-0.25, -0.2) is 0 Å². The second-order valence-corrected chi connectivity index (χ2v) is 9.33. The fourth-order valence-electron chi connectivity index (χ4n) is 3.38. The summed E-state index contributed by atoms with van der Waals surface area (Å²) in [5.41, 5.74) is 16.3. The van der Waals surface area contributed by atoms with Gasteiger partial charge >= 0.3 is 0 Å². The van der Waals surface area contributed by atoms with E-state index in [0.29, 0.717) is 12.8 Å². The first kappa shape index (κ1) is 34.9. The Bertz CT molecular complexity index is 835. The Morgan fingerprint density at radius 1 is 0.816 bits per heavy atom. The molecule has 5 atom stereocenters. The molecule has 38 heavy (non-hydrogen) atoms. The summed E-state index contributed by atoms with van der Waals surface area (Å²) in [7, 11) is 0. The van der Waals surface area contributed by atoms with Gasteiger partial charge in [0.15, 0.2) is 0 Å². The van der Waals surface area contributed by atoms with Crippen molar-refractivity contribution in [2.75, 3.05) is 19.8 Å². The van der Waals surface area contributed by atoms with Crippen molar-refractivity contribution >= 4 is 35.3 Å². The first-order valence-electron chi connectivity index (χ1n) is 12.4. The van der Waals surface area contributed by atoms with Gasteiger partial charge in [-0.15, -0.1) is 0 Å². The minimum atomic E-state index is -1.31. The van der Waals surface area contributed by atoms with E-state index in [4.69, 9.17) is 22.3 Å². The summed E-state index contributed by atoms with van der Waals surface area (Å²) in [5.74, 6) is -3.91. The fraction of sp³-hybridized carbons (Fsp3) is 0.739. The van der Waals surface area contributed by atoms with Gasteiger partial charge in [-0.05, 0) is 38.5 Å². The second-order valence-electron chi connectivity index (χ2n) is 9.33. The number of ketones is 1. The summed E-state index contributed by atoms with van der Waals surface area (Å²) >= 11 is 0. The molecule has 0 aromatic rings. The molecule has 0 saturated heterocycles. The molecule has 15 heteroatoms. The number of unbranched alkanes of at least 4 members (excludes halogenated alkanes) is 1. The summed E-state index contributed by atoms with van der Waals surface area (Å²) in [6.45, 7) is 3.66. The zero-order valence-corrected chi connectivity index (χ0v) is 22.2. The zero-order valence-electron chi connectivity index (χ0n) is 22.2. The Kier molecular flexibility index (Phi) is 16.7. The fourth-order valence-corrected chi connectivity index (χ4v) is 3.38. The molecule has 0 aliphatic heterocycles. The monoisotopic (exact) mass is 549 g/mol. The smallest absolute Gasteiger partial charge is 0.245 e. The molecule has 3 unspecified atom stereocenters. The van der Waals surface area contributed by atoms with E-state index < -0.39 is 67.1 Å². The molecule has 222 valence electrons. The van der Waals surface area contributed by atoms with Crippen molar-refractivity contribution in [2.24, 2.45) is 23.1 Å². The number of carbonyl (C=O) groups is 6. The summed E-state index contributed by atoms with van der Waals surface area (Å²) in [6, 6.07) is -5.16. The Labute approximate surface area is 225 Å².